The van der Waals surface area contributed by atoms with Crippen molar-refractivity contribution in [2.75, 3.05) is 38.6 Å². The zero-order valence-electron chi connectivity index (χ0n) is 13.7. The summed E-state index contributed by atoms with van der Waals surface area (Å²) in [4.78, 5) is 14.2. The van der Waals surface area contributed by atoms with E-state index in [2.05, 4.69) is 5.32 Å². The Balaban J connectivity index is 1.66. The van der Waals surface area contributed by atoms with Gasteiger partial charge >= 0.3 is 0 Å². The summed E-state index contributed by atoms with van der Waals surface area (Å²) in [6.45, 7) is 4.90. The Morgan fingerprint density at radius 2 is 2.04 bits per heavy atom. The van der Waals surface area contributed by atoms with E-state index in [-0.39, 0.29) is 29.0 Å². The number of carbonyl (C=O) groups is 1. The van der Waals surface area contributed by atoms with Crippen molar-refractivity contribution in [3.8, 4) is 11.5 Å². The molecule has 0 aromatic heterocycles. The topological polar surface area (TPSA) is 84.9 Å². The molecule has 0 spiro atoms. The lowest BCUT2D eigenvalue weighted by Gasteiger charge is -2.34. The summed E-state index contributed by atoms with van der Waals surface area (Å²) in [6, 6.07) is 4.66. The minimum absolute atomic E-state index is 0.0128. The van der Waals surface area contributed by atoms with E-state index >= 15 is 0 Å². The van der Waals surface area contributed by atoms with Crippen LogP contribution < -0.4 is 14.8 Å². The quantitative estimate of drug-likeness (QED) is 0.845. The fraction of sp³-hybridized carbons (Fsp3) is 0.562. The van der Waals surface area contributed by atoms with Crippen molar-refractivity contribution in [3.63, 3.8) is 0 Å². The molecule has 1 aromatic carbocycles. The maximum Gasteiger partial charge on any atom is 0.223 e. The van der Waals surface area contributed by atoms with Gasteiger partial charge in [-0.15, -0.1) is 0 Å². The second kappa shape index (κ2) is 6.98. The number of fused-ring (bicyclic) bond motifs is 1. The van der Waals surface area contributed by atoms with Crippen LogP contribution in [0.25, 0.3) is 0 Å². The number of amides is 1. The van der Waals surface area contributed by atoms with Gasteiger partial charge < -0.3 is 19.7 Å². The van der Waals surface area contributed by atoms with Gasteiger partial charge in [0.1, 0.15) is 13.2 Å². The maximum absolute atomic E-state index is 12.5. The number of ether oxygens (including phenoxy) is 2. The minimum atomic E-state index is -3.54. The lowest BCUT2D eigenvalue weighted by molar-refractivity contribution is -0.133. The second-order valence-corrected chi connectivity index (χ2v) is 8.12. The van der Waals surface area contributed by atoms with Gasteiger partial charge in [0.25, 0.3) is 0 Å². The zero-order valence-corrected chi connectivity index (χ0v) is 14.5. The molecule has 0 bridgehead atoms. The summed E-state index contributed by atoms with van der Waals surface area (Å²) in [5.41, 5.74) is 0. The molecule has 0 aliphatic carbocycles. The van der Waals surface area contributed by atoms with Crippen molar-refractivity contribution in [2.45, 2.75) is 24.3 Å². The molecule has 1 fully saturated rings. The van der Waals surface area contributed by atoms with Crippen LogP contribution in [0.1, 0.15) is 13.3 Å². The number of hydrogen-bond donors (Lipinski definition) is 1. The number of hydrogen-bond acceptors (Lipinski definition) is 6. The van der Waals surface area contributed by atoms with Crippen LogP contribution in [0.5, 0.6) is 11.5 Å². The molecular formula is C16H22N2O5S. The van der Waals surface area contributed by atoms with Gasteiger partial charge in [0.15, 0.2) is 21.3 Å². The largest absolute Gasteiger partial charge is 0.486 e. The van der Waals surface area contributed by atoms with Gasteiger partial charge in [-0.25, -0.2) is 8.42 Å². The average molecular weight is 354 g/mol. The molecule has 1 N–H and O–H groups in total. The van der Waals surface area contributed by atoms with Gasteiger partial charge in [-0.05, 0) is 19.1 Å². The fourth-order valence-corrected chi connectivity index (χ4v) is 4.15. The molecule has 2 heterocycles. The van der Waals surface area contributed by atoms with Crippen molar-refractivity contribution in [3.05, 3.63) is 18.2 Å². The molecule has 8 heteroatoms. The Morgan fingerprint density at radius 3 is 2.79 bits per heavy atom. The van der Waals surface area contributed by atoms with Gasteiger partial charge in [0, 0.05) is 38.2 Å². The summed E-state index contributed by atoms with van der Waals surface area (Å²) >= 11 is 0. The molecule has 1 saturated heterocycles. The summed E-state index contributed by atoms with van der Waals surface area (Å²) in [5.74, 6) is 0.655. The zero-order chi connectivity index (χ0) is 17.2. The third-order valence-electron chi connectivity index (χ3n) is 4.28. The molecule has 24 heavy (non-hydrogen) atoms. The Kier molecular flexibility index (Phi) is 4.96. The highest BCUT2D eigenvalue weighted by molar-refractivity contribution is 7.91. The predicted octanol–water partition coefficient (Wildman–Crippen LogP) is 0.442. The highest BCUT2D eigenvalue weighted by Crippen LogP contribution is 2.32. The standard InChI is InChI=1S/C16H22N2O5S/c1-12-11-17-5-6-18(12)16(19)4-9-24(20,21)13-2-3-14-15(10-13)23-8-7-22-14/h2-3,10,12,17H,4-9,11H2,1H3/t12-/m1/s1. The highest BCUT2D eigenvalue weighted by Gasteiger charge is 2.25. The Labute approximate surface area is 141 Å². The number of carbonyl (C=O) groups excluding carboxylic acids is 1. The van der Waals surface area contributed by atoms with Gasteiger partial charge in [0.05, 0.1) is 10.6 Å². The molecule has 1 amide bonds. The van der Waals surface area contributed by atoms with E-state index in [1.54, 1.807) is 11.0 Å². The van der Waals surface area contributed by atoms with Crippen LogP contribution >= 0.6 is 0 Å². The van der Waals surface area contributed by atoms with Crippen molar-refractivity contribution in [1.82, 2.24) is 10.2 Å². The van der Waals surface area contributed by atoms with E-state index in [1.165, 1.54) is 12.1 Å². The van der Waals surface area contributed by atoms with Gasteiger partial charge in [-0.3, -0.25) is 4.79 Å². The summed E-state index contributed by atoms with van der Waals surface area (Å²) in [7, 11) is -3.54. The number of benzene rings is 1. The first kappa shape index (κ1) is 17.0. The predicted molar refractivity (Wildman–Crippen MR) is 88.1 cm³/mol. The summed E-state index contributed by atoms with van der Waals surface area (Å²) in [6.07, 6.45) is -0.0128. The highest BCUT2D eigenvalue weighted by atomic mass is 32.2. The van der Waals surface area contributed by atoms with E-state index in [1.807, 2.05) is 6.92 Å². The van der Waals surface area contributed by atoms with Crippen molar-refractivity contribution < 1.29 is 22.7 Å². The van der Waals surface area contributed by atoms with Crippen molar-refractivity contribution in [1.29, 1.82) is 0 Å². The molecule has 1 aromatic rings. The first-order valence-electron chi connectivity index (χ1n) is 8.10. The molecule has 3 rings (SSSR count). The van der Waals surface area contributed by atoms with Gasteiger partial charge in [-0.2, -0.15) is 0 Å². The van der Waals surface area contributed by atoms with E-state index in [4.69, 9.17) is 9.47 Å². The molecule has 2 aliphatic heterocycles. The molecule has 1 atom stereocenters. The molecule has 0 saturated carbocycles. The maximum atomic E-state index is 12.5. The first-order valence-corrected chi connectivity index (χ1v) is 9.75. The monoisotopic (exact) mass is 354 g/mol. The fourth-order valence-electron chi connectivity index (χ4n) is 2.91. The van der Waals surface area contributed by atoms with Crippen LogP contribution in [-0.4, -0.2) is 63.9 Å². The molecule has 7 nitrogen and oxygen atoms in total. The molecule has 2 aliphatic rings. The lowest BCUT2D eigenvalue weighted by atomic mass is 10.2. The SMILES string of the molecule is C[C@@H]1CNCCN1C(=O)CCS(=O)(=O)c1ccc2c(c1)OCCO2. The summed E-state index contributed by atoms with van der Waals surface area (Å²) < 4.78 is 35.8. The van der Waals surface area contributed by atoms with Gasteiger partial charge in [0.2, 0.25) is 5.91 Å². The van der Waals surface area contributed by atoms with Crippen molar-refractivity contribution >= 4 is 15.7 Å². The van der Waals surface area contributed by atoms with Gasteiger partial charge in [-0.1, -0.05) is 0 Å². The van der Waals surface area contributed by atoms with E-state index in [9.17, 15) is 13.2 Å². The Hall–Kier alpha value is -1.80. The average Bonchev–Trinajstić information content (AvgIpc) is 2.60. The van der Waals surface area contributed by atoms with Crippen LogP contribution in [0.3, 0.4) is 0 Å². The molecule has 132 valence electrons. The number of piperazine rings is 1. The Bertz CT molecular complexity index is 719. The number of nitrogens with zero attached hydrogens (tertiary/aromatic N) is 1. The van der Waals surface area contributed by atoms with E-state index < -0.39 is 9.84 Å². The third-order valence-corrected chi connectivity index (χ3v) is 5.99. The van der Waals surface area contributed by atoms with Crippen LogP contribution in [0.15, 0.2) is 23.1 Å². The summed E-state index contributed by atoms with van der Waals surface area (Å²) in [5, 5.41) is 3.21. The minimum Gasteiger partial charge on any atom is -0.486 e. The van der Waals surface area contributed by atoms with E-state index in [0.717, 1.165) is 13.1 Å². The lowest BCUT2D eigenvalue weighted by Crippen LogP contribution is -2.52. The molecule has 0 radical (unpaired) electrons. The smallest absolute Gasteiger partial charge is 0.223 e. The van der Waals surface area contributed by atoms with Crippen molar-refractivity contribution in [2.24, 2.45) is 0 Å². The van der Waals surface area contributed by atoms with Crippen LogP contribution in [0.4, 0.5) is 0 Å². The number of rotatable bonds is 4. The number of sulfone groups is 1. The van der Waals surface area contributed by atoms with Crippen LogP contribution in [0.2, 0.25) is 0 Å². The number of nitrogens with one attached hydrogen (secondary N) is 1. The van der Waals surface area contributed by atoms with E-state index in [0.29, 0.717) is 31.3 Å². The third kappa shape index (κ3) is 3.64. The van der Waals surface area contributed by atoms with Crippen LogP contribution in [-0.2, 0) is 14.6 Å². The molecule has 0 unspecified atom stereocenters. The van der Waals surface area contributed by atoms with Crippen LogP contribution in [0, 0.1) is 0 Å². The second-order valence-electron chi connectivity index (χ2n) is 6.01. The molecular weight excluding hydrogens is 332 g/mol. The first-order chi connectivity index (χ1) is 11.5. The normalized spacial score (nSPS) is 20.7. The Morgan fingerprint density at radius 1 is 1.29 bits per heavy atom.